The first-order valence-corrected chi connectivity index (χ1v) is 6.34. The Hall–Kier alpha value is -1.20. The molecule has 0 aliphatic heterocycles. The van der Waals surface area contributed by atoms with Crippen molar-refractivity contribution in [1.29, 1.82) is 0 Å². The Balaban J connectivity index is 2.52. The first-order valence-electron chi connectivity index (χ1n) is 5.05. The van der Waals surface area contributed by atoms with Gasteiger partial charge >= 0.3 is 0 Å². The highest BCUT2D eigenvalue weighted by atomic mass is 32.2. The molecule has 1 aromatic carbocycles. The van der Waals surface area contributed by atoms with Crippen LogP contribution in [0, 0.1) is 0 Å². The van der Waals surface area contributed by atoms with Crippen LogP contribution in [0.2, 0.25) is 0 Å². The summed E-state index contributed by atoms with van der Waals surface area (Å²) in [4.78, 5) is 11.7. The first kappa shape index (κ1) is 12.9. The van der Waals surface area contributed by atoms with Gasteiger partial charge in [-0.25, -0.2) is 0 Å². The lowest BCUT2D eigenvalue weighted by molar-refractivity contribution is 0.0954. The van der Waals surface area contributed by atoms with E-state index in [1.54, 1.807) is 36.0 Å². The summed E-state index contributed by atoms with van der Waals surface area (Å²) in [6, 6.07) is 7.03. The van der Waals surface area contributed by atoms with E-state index in [4.69, 9.17) is 5.84 Å². The molecule has 0 radical (unpaired) electrons. The summed E-state index contributed by atoms with van der Waals surface area (Å²) >= 11 is 1.73. The normalized spacial score (nSPS) is 11.9. The highest BCUT2D eigenvalue weighted by Gasteiger charge is 2.06. The molecule has 1 aromatic rings. The molecule has 0 aromatic heterocycles. The molecule has 0 saturated carbocycles. The fourth-order valence-corrected chi connectivity index (χ4v) is 1.39. The summed E-state index contributed by atoms with van der Waals surface area (Å²) < 4.78 is 0. The third kappa shape index (κ3) is 3.75. The minimum Gasteiger partial charge on any atom is -0.351 e. The number of hydrogen-bond acceptors (Lipinski definition) is 4. The largest absolute Gasteiger partial charge is 0.351 e. The van der Waals surface area contributed by atoms with Crippen molar-refractivity contribution >= 4 is 23.4 Å². The van der Waals surface area contributed by atoms with Gasteiger partial charge in [0.1, 0.15) is 0 Å². The minimum atomic E-state index is -0.0514. The number of hydrogen-bond donors (Lipinski definition) is 3. The first-order chi connectivity index (χ1) is 7.67. The van der Waals surface area contributed by atoms with Crippen LogP contribution < -0.4 is 16.6 Å². The molecule has 0 heterocycles. The Morgan fingerprint density at radius 2 is 2.06 bits per heavy atom. The van der Waals surface area contributed by atoms with E-state index >= 15 is 0 Å². The van der Waals surface area contributed by atoms with Crippen LogP contribution in [0.15, 0.2) is 24.3 Å². The zero-order valence-corrected chi connectivity index (χ0v) is 10.3. The standard InChI is InChI=1S/C11H17N3OS/c1-8(16-2)7-13-11(15)9-3-5-10(14-12)6-4-9/h3-6,8,14H,7,12H2,1-2H3,(H,13,15). The molecule has 0 saturated heterocycles. The van der Waals surface area contributed by atoms with Gasteiger partial charge in [-0.2, -0.15) is 11.8 Å². The summed E-state index contributed by atoms with van der Waals surface area (Å²) in [5, 5.41) is 3.30. The van der Waals surface area contributed by atoms with Crippen LogP contribution >= 0.6 is 11.8 Å². The summed E-state index contributed by atoms with van der Waals surface area (Å²) in [5.74, 6) is 5.19. The number of benzene rings is 1. The Bertz CT molecular complexity index is 340. The molecule has 1 amide bonds. The predicted molar refractivity (Wildman–Crippen MR) is 69.6 cm³/mol. The summed E-state index contributed by atoms with van der Waals surface area (Å²) in [6.45, 7) is 2.75. The second kappa shape index (κ2) is 6.40. The average molecular weight is 239 g/mol. The lowest BCUT2D eigenvalue weighted by Crippen LogP contribution is -2.29. The third-order valence-electron chi connectivity index (χ3n) is 2.27. The second-order valence-electron chi connectivity index (χ2n) is 3.48. The van der Waals surface area contributed by atoms with Crippen LogP contribution in [0.3, 0.4) is 0 Å². The van der Waals surface area contributed by atoms with Crippen LogP contribution in [0.25, 0.3) is 0 Å². The lowest BCUT2D eigenvalue weighted by atomic mass is 10.2. The van der Waals surface area contributed by atoms with Gasteiger partial charge in [-0.1, -0.05) is 6.92 Å². The molecule has 1 rings (SSSR count). The highest BCUT2D eigenvalue weighted by Crippen LogP contribution is 2.08. The van der Waals surface area contributed by atoms with Crippen molar-refractivity contribution in [1.82, 2.24) is 5.32 Å². The Kier molecular flexibility index (Phi) is 5.14. The van der Waals surface area contributed by atoms with Gasteiger partial charge in [0.15, 0.2) is 0 Å². The van der Waals surface area contributed by atoms with E-state index in [-0.39, 0.29) is 5.91 Å². The SMILES string of the molecule is CSC(C)CNC(=O)c1ccc(NN)cc1. The zero-order chi connectivity index (χ0) is 12.0. The number of carbonyl (C=O) groups excluding carboxylic acids is 1. The number of nitrogens with one attached hydrogen (secondary N) is 2. The topological polar surface area (TPSA) is 67.2 Å². The molecule has 4 N–H and O–H groups in total. The molecule has 0 bridgehead atoms. The van der Waals surface area contributed by atoms with Gasteiger partial charge in [0.2, 0.25) is 0 Å². The molecule has 0 aliphatic rings. The fraction of sp³-hybridized carbons (Fsp3) is 0.364. The van der Waals surface area contributed by atoms with E-state index in [0.29, 0.717) is 17.4 Å². The zero-order valence-electron chi connectivity index (χ0n) is 9.49. The third-order valence-corrected chi connectivity index (χ3v) is 3.24. The van der Waals surface area contributed by atoms with Crippen molar-refractivity contribution in [3.8, 4) is 0 Å². The quantitative estimate of drug-likeness (QED) is 0.537. The molecular formula is C11H17N3OS. The number of rotatable bonds is 5. The van der Waals surface area contributed by atoms with Gasteiger partial charge in [-0.05, 0) is 30.5 Å². The van der Waals surface area contributed by atoms with Crippen molar-refractivity contribution in [3.63, 3.8) is 0 Å². The Labute approximate surface area is 100.0 Å². The van der Waals surface area contributed by atoms with Crippen LogP contribution in [-0.4, -0.2) is 24.0 Å². The van der Waals surface area contributed by atoms with Gasteiger partial charge in [0, 0.05) is 23.0 Å². The van der Waals surface area contributed by atoms with E-state index in [2.05, 4.69) is 17.7 Å². The van der Waals surface area contributed by atoms with Gasteiger partial charge in [0.05, 0.1) is 0 Å². The van der Waals surface area contributed by atoms with Crippen LogP contribution in [-0.2, 0) is 0 Å². The van der Waals surface area contributed by atoms with E-state index in [1.165, 1.54) is 0 Å². The maximum Gasteiger partial charge on any atom is 0.251 e. The van der Waals surface area contributed by atoms with Crippen LogP contribution in [0.4, 0.5) is 5.69 Å². The van der Waals surface area contributed by atoms with Crippen molar-refractivity contribution in [2.75, 3.05) is 18.2 Å². The Morgan fingerprint density at radius 3 is 2.56 bits per heavy atom. The molecular weight excluding hydrogens is 222 g/mol. The molecule has 4 nitrogen and oxygen atoms in total. The maximum absolute atomic E-state index is 11.7. The number of thioether (sulfide) groups is 1. The number of nitrogens with two attached hydrogens (primary N) is 1. The number of carbonyl (C=O) groups is 1. The van der Waals surface area contributed by atoms with E-state index < -0.39 is 0 Å². The molecule has 0 aliphatic carbocycles. The van der Waals surface area contributed by atoms with Gasteiger partial charge in [-0.15, -0.1) is 0 Å². The molecule has 1 unspecified atom stereocenters. The predicted octanol–water partition coefficient (Wildman–Crippen LogP) is 1.45. The molecule has 0 fully saturated rings. The number of hydrazine groups is 1. The van der Waals surface area contributed by atoms with Gasteiger partial charge in [0.25, 0.3) is 5.91 Å². The van der Waals surface area contributed by atoms with E-state index in [0.717, 1.165) is 5.69 Å². The van der Waals surface area contributed by atoms with Crippen LogP contribution in [0.5, 0.6) is 0 Å². The summed E-state index contributed by atoms with van der Waals surface area (Å²) in [5.41, 5.74) is 3.95. The molecule has 88 valence electrons. The number of anilines is 1. The van der Waals surface area contributed by atoms with Gasteiger partial charge < -0.3 is 10.7 Å². The maximum atomic E-state index is 11.7. The number of nitrogen functional groups attached to an aromatic ring is 1. The van der Waals surface area contributed by atoms with Crippen molar-refractivity contribution in [2.24, 2.45) is 5.84 Å². The van der Waals surface area contributed by atoms with Crippen molar-refractivity contribution in [3.05, 3.63) is 29.8 Å². The smallest absolute Gasteiger partial charge is 0.251 e. The highest BCUT2D eigenvalue weighted by molar-refractivity contribution is 7.99. The van der Waals surface area contributed by atoms with E-state index in [9.17, 15) is 4.79 Å². The van der Waals surface area contributed by atoms with E-state index in [1.807, 2.05) is 6.26 Å². The molecule has 0 spiro atoms. The van der Waals surface area contributed by atoms with Gasteiger partial charge in [-0.3, -0.25) is 10.6 Å². The average Bonchev–Trinajstić information content (AvgIpc) is 2.35. The monoisotopic (exact) mass is 239 g/mol. The minimum absolute atomic E-state index is 0.0514. The summed E-state index contributed by atoms with van der Waals surface area (Å²) in [6.07, 6.45) is 2.03. The molecule has 5 heteroatoms. The second-order valence-corrected chi connectivity index (χ2v) is 4.75. The van der Waals surface area contributed by atoms with Crippen molar-refractivity contribution in [2.45, 2.75) is 12.2 Å². The lowest BCUT2D eigenvalue weighted by Gasteiger charge is -2.10. The summed E-state index contributed by atoms with van der Waals surface area (Å²) in [7, 11) is 0. The molecule has 16 heavy (non-hydrogen) atoms. The Morgan fingerprint density at radius 1 is 1.44 bits per heavy atom. The van der Waals surface area contributed by atoms with Crippen LogP contribution in [0.1, 0.15) is 17.3 Å². The number of amides is 1. The van der Waals surface area contributed by atoms with Crippen molar-refractivity contribution < 1.29 is 4.79 Å². The fourth-order valence-electron chi connectivity index (χ4n) is 1.14. The molecule has 1 atom stereocenters.